The summed E-state index contributed by atoms with van der Waals surface area (Å²) in [5.74, 6) is -0.597. The number of carboxylic acid groups (broad SMARTS) is 1. The summed E-state index contributed by atoms with van der Waals surface area (Å²) in [6.07, 6.45) is 12.3. The Labute approximate surface area is 123 Å². The van der Waals surface area contributed by atoms with E-state index in [2.05, 4.69) is 19.2 Å². The molecule has 116 valence electrons. The molecule has 3 rings (SSSR count). The van der Waals surface area contributed by atoms with E-state index in [0.29, 0.717) is 11.0 Å². The lowest BCUT2D eigenvalue weighted by Gasteiger charge is -2.33. The van der Waals surface area contributed by atoms with Crippen LogP contribution >= 0.6 is 0 Å². The number of carbonyl (C=O) groups is 1. The first-order chi connectivity index (χ1) is 9.43. The fourth-order valence-corrected chi connectivity index (χ4v) is 4.22. The van der Waals surface area contributed by atoms with Crippen molar-refractivity contribution in [2.24, 2.45) is 11.3 Å². The van der Waals surface area contributed by atoms with Crippen molar-refractivity contribution in [1.29, 1.82) is 0 Å². The van der Waals surface area contributed by atoms with Gasteiger partial charge in [-0.05, 0) is 70.8 Å². The van der Waals surface area contributed by atoms with Crippen LogP contribution in [-0.4, -0.2) is 23.2 Å². The van der Waals surface area contributed by atoms with Gasteiger partial charge < -0.3 is 10.4 Å². The molecule has 1 aliphatic heterocycles. The maximum absolute atomic E-state index is 10.8. The topological polar surface area (TPSA) is 49.3 Å². The molecule has 1 unspecified atom stereocenters. The number of aliphatic carboxylic acids is 1. The van der Waals surface area contributed by atoms with E-state index in [1.165, 1.54) is 57.9 Å². The van der Waals surface area contributed by atoms with Gasteiger partial charge in [-0.1, -0.05) is 19.3 Å². The lowest BCUT2D eigenvalue weighted by molar-refractivity contribution is -0.141. The first kappa shape index (κ1) is 15.8. The highest BCUT2D eigenvalue weighted by molar-refractivity contribution is 5.70. The highest BCUT2D eigenvalue weighted by Gasteiger charge is 2.42. The van der Waals surface area contributed by atoms with Crippen LogP contribution in [0, 0.1) is 11.3 Å². The summed E-state index contributed by atoms with van der Waals surface area (Å²) >= 11 is 0. The minimum Gasteiger partial charge on any atom is -0.481 e. The Morgan fingerprint density at radius 1 is 1.05 bits per heavy atom. The summed E-state index contributed by atoms with van der Waals surface area (Å²) in [7, 11) is 0. The van der Waals surface area contributed by atoms with Crippen molar-refractivity contribution in [3.8, 4) is 0 Å². The van der Waals surface area contributed by atoms with E-state index in [4.69, 9.17) is 5.11 Å². The summed E-state index contributed by atoms with van der Waals surface area (Å²) in [5.41, 5.74) is 0.890. The fourth-order valence-electron chi connectivity index (χ4n) is 4.22. The second-order valence-electron chi connectivity index (χ2n) is 7.75. The van der Waals surface area contributed by atoms with Gasteiger partial charge in [0, 0.05) is 5.54 Å². The van der Waals surface area contributed by atoms with E-state index >= 15 is 0 Å². The van der Waals surface area contributed by atoms with Gasteiger partial charge in [0.05, 0.1) is 5.92 Å². The first-order valence-corrected chi connectivity index (χ1v) is 8.40. The van der Waals surface area contributed by atoms with Crippen molar-refractivity contribution in [1.82, 2.24) is 5.32 Å². The van der Waals surface area contributed by atoms with Crippen molar-refractivity contribution in [3.05, 3.63) is 0 Å². The summed E-state index contributed by atoms with van der Waals surface area (Å²) in [4.78, 5) is 10.8. The summed E-state index contributed by atoms with van der Waals surface area (Å²) in [5, 5.41) is 12.3. The van der Waals surface area contributed by atoms with Gasteiger partial charge in [-0.3, -0.25) is 4.79 Å². The molecule has 2 saturated carbocycles. The van der Waals surface area contributed by atoms with Crippen LogP contribution in [0.4, 0.5) is 0 Å². The van der Waals surface area contributed by atoms with Crippen molar-refractivity contribution >= 4 is 5.97 Å². The molecular formula is C17H31NO2. The second kappa shape index (κ2) is 6.46. The molecular weight excluding hydrogens is 250 g/mol. The highest BCUT2D eigenvalue weighted by Crippen LogP contribution is 2.51. The van der Waals surface area contributed by atoms with Gasteiger partial charge in [-0.25, -0.2) is 0 Å². The minimum absolute atomic E-state index is 0.0295. The third-order valence-electron chi connectivity index (χ3n) is 5.55. The lowest BCUT2D eigenvalue weighted by Crippen LogP contribution is -2.31. The largest absolute Gasteiger partial charge is 0.481 e. The minimum atomic E-state index is -0.567. The molecule has 3 aliphatic rings. The van der Waals surface area contributed by atoms with Gasteiger partial charge in [-0.2, -0.15) is 0 Å². The van der Waals surface area contributed by atoms with Crippen LogP contribution in [0.15, 0.2) is 0 Å². The van der Waals surface area contributed by atoms with Crippen LogP contribution in [0.1, 0.15) is 78.1 Å². The quantitative estimate of drug-likeness (QED) is 0.764. The van der Waals surface area contributed by atoms with Gasteiger partial charge >= 0.3 is 5.97 Å². The Morgan fingerprint density at radius 2 is 1.75 bits per heavy atom. The van der Waals surface area contributed by atoms with Crippen molar-refractivity contribution < 1.29 is 9.90 Å². The Bertz CT molecular complexity index is 324. The van der Waals surface area contributed by atoms with E-state index in [1.54, 1.807) is 0 Å². The molecule has 2 aliphatic carbocycles. The molecule has 1 heterocycles. The molecule has 0 aromatic heterocycles. The Balaban J connectivity index is 0.000000178. The standard InChI is InChI=1S/C11H18O2.C6H13N/c12-10(13)9-4-7-11(8-9)5-2-1-3-6-11;1-6(2)4-3-5-7-6/h9H,1-8H2,(H,12,13);7H,3-5H2,1-2H3. The van der Waals surface area contributed by atoms with E-state index < -0.39 is 5.97 Å². The zero-order valence-corrected chi connectivity index (χ0v) is 13.2. The zero-order valence-electron chi connectivity index (χ0n) is 13.2. The predicted molar refractivity (Wildman–Crippen MR) is 81.8 cm³/mol. The average Bonchev–Trinajstić information content (AvgIpc) is 2.98. The van der Waals surface area contributed by atoms with Crippen LogP contribution in [0.2, 0.25) is 0 Å². The molecule has 1 atom stereocenters. The maximum Gasteiger partial charge on any atom is 0.306 e. The molecule has 1 spiro atoms. The van der Waals surface area contributed by atoms with Crippen LogP contribution < -0.4 is 5.32 Å². The molecule has 3 heteroatoms. The van der Waals surface area contributed by atoms with Crippen LogP contribution in [0.3, 0.4) is 0 Å². The average molecular weight is 281 g/mol. The second-order valence-corrected chi connectivity index (χ2v) is 7.75. The van der Waals surface area contributed by atoms with Gasteiger partial charge in [0.2, 0.25) is 0 Å². The monoisotopic (exact) mass is 281 g/mol. The molecule has 0 radical (unpaired) electrons. The third-order valence-corrected chi connectivity index (χ3v) is 5.55. The molecule has 0 bridgehead atoms. The van der Waals surface area contributed by atoms with Crippen LogP contribution in [0.5, 0.6) is 0 Å². The molecule has 2 N–H and O–H groups in total. The van der Waals surface area contributed by atoms with Gasteiger partial charge in [0.1, 0.15) is 0 Å². The number of hydrogen-bond donors (Lipinski definition) is 2. The van der Waals surface area contributed by atoms with Crippen LogP contribution in [0.25, 0.3) is 0 Å². The maximum atomic E-state index is 10.8. The van der Waals surface area contributed by atoms with Crippen molar-refractivity contribution in [3.63, 3.8) is 0 Å². The molecule has 1 saturated heterocycles. The summed E-state index contributed by atoms with van der Waals surface area (Å²) < 4.78 is 0. The molecule has 3 nitrogen and oxygen atoms in total. The molecule has 0 aromatic carbocycles. The first-order valence-electron chi connectivity index (χ1n) is 8.40. The summed E-state index contributed by atoms with van der Waals surface area (Å²) in [6.45, 7) is 5.72. The van der Waals surface area contributed by atoms with E-state index in [0.717, 1.165) is 12.8 Å². The lowest BCUT2D eigenvalue weighted by atomic mass is 9.72. The zero-order chi connectivity index (χ0) is 14.6. The van der Waals surface area contributed by atoms with Gasteiger partial charge in [0.15, 0.2) is 0 Å². The number of rotatable bonds is 1. The van der Waals surface area contributed by atoms with E-state index in [9.17, 15) is 4.79 Å². The molecule has 0 amide bonds. The Hall–Kier alpha value is -0.570. The SMILES string of the molecule is CC1(C)CCCN1.O=C(O)C1CCC2(CCCCC2)C1. The Kier molecular flexibility index (Phi) is 5.11. The number of carboxylic acids is 1. The highest BCUT2D eigenvalue weighted by atomic mass is 16.4. The van der Waals surface area contributed by atoms with Crippen LogP contribution in [-0.2, 0) is 4.79 Å². The van der Waals surface area contributed by atoms with Crippen molar-refractivity contribution in [2.45, 2.75) is 83.6 Å². The van der Waals surface area contributed by atoms with E-state index in [-0.39, 0.29) is 5.92 Å². The number of hydrogen-bond acceptors (Lipinski definition) is 2. The number of nitrogens with one attached hydrogen (secondary N) is 1. The molecule has 0 aromatic rings. The normalized spacial score (nSPS) is 30.8. The molecule has 3 fully saturated rings. The third kappa shape index (κ3) is 4.21. The smallest absolute Gasteiger partial charge is 0.306 e. The predicted octanol–water partition coefficient (Wildman–Crippen LogP) is 3.97. The Morgan fingerprint density at radius 3 is 2.15 bits per heavy atom. The van der Waals surface area contributed by atoms with Gasteiger partial charge in [-0.15, -0.1) is 0 Å². The summed E-state index contributed by atoms with van der Waals surface area (Å²) in [6, 6.07) is 0. The fraction of sp³-hybridized carbons (Fsp3) is 0.941. The molecule has 20 heavy (non-hydrogen) atoms. The van der Waals surface area contributed by atoms with E-state index in [1.807, 2.05) is 0 Å². The van der Waals surface area contributed by atoms with Crippen molar-refractivity contribution in [2.75, 3.05) is 6.54 Å². The van der Waals surface area contributed by atoms with Gasteiger partial charge in [0.25, 0.3) is 0 Å².